The number of rotatable bonds is 5. The maximum absolute atomic E-state index is 4.95. The highest BCUT2D eigenvalue weighted by Crippen LogP contribution is 2.18. The third kappa shape index (κ3) is 5.18. The normalized spacial score (nSPS) is 11.4. The lowest BCUT2D eigenvalue weighted by Gasteiger charge is -2.20. The summed E-state index contributed by atoms with van der Waals surface area (Å²) < 4.78 is 4.95. The number of nitrogens with zero attached hydrogens (tertiary/aromatic N) is 3. The van der Waals surface area contributed by atoms with Gasteiger partial charge in [0, 0.05) is 12.1 Å². The van der Waals surface area contributed by atoms with E-state index in [-0.39, 0.29) is 5.54 Å². The van der Waals surface area contributed by atoms with Gasteiger partial charge >= 0.3 is 0 Å². The third-order valence-electron chi connectivity index (χ3n) is 1.59. The molecule has 0 fully saturated rings. The van der Waals surface area contributed by atoms with Gasteiger partial charge < -0.3 is 14.8 Å². The fourth-order valence-corrected chi connectivity index (χ4v) is 1.49. The van der Waals surface area contributed by atoms with E-state index in [2.05, 4.69) is 25.6 Å². The fraction of sp³-hybridized carbons (Fsp3) is 0.700. The van der Waals surface area contributed by atoms with Crippen molar-refractivity contribution in [3.8, 4) is 0 Å². The molecule has 7 heteroatoms. The van der Waals surface area contributed by atoms with Crippen LogP contribution in [0.5, 0.6) is 0 Å². The topological polar surface area (TPSA) is 72.0 Å². The standard InChI is InChI=1S/C10H19N5OS/c1-6-11-7-12-8(15-10(2,3)4)14-9(13-7)17-16-5/h6H2,1-5H3,(H2,11,12,13,14,15). The molecule has 0 saturated carbocycles. The molecule has 0 unspecified atom stereocenters. The fourth-order valence-electron chi connectivity index (χ4n) is 1.10. The average Bonchev–Trinajstić information content (AvgIpc) is 2.15. The van der Waals surface area contributed by atoms with Crippen molar-refractivity contribution in [1.82, 2.24) is 15.0 Å². The van der Waals surface area contributed by atoms with Crippen LogP contribution in [-0.2, 0) is 4.18 Å². The molecule has 1 aromatic heterocycles. The van der Waals surface area contributed by atoms with Gasteiger partial charge in [-0.15, -0.1) is 0 Å². The third-order valence-corrected chi connectivity index (χ3v) is 2.09. The van der Waals surface area contributed by atoms with Crippen LogP contribution in [0.1, 0.15) is 27.7 Å². The number of hydrogen-bond donors (Lipinski definition) is 2. The van der Waals surface area contributed by atoms with Crippen LogP contribution in [0.25, 0.3) is 0 Å². The van der Waals surface area contributed by atoms with E-state index in [0.29, 0.717) is 17.1 Å². The molecule has 0 aliphatic rings. The molecule has 2 N–H and O–H groups in total. The first-order chi connectivity index (χ1) is 7.94. The van der Waals surface area contributed by atoms with Crippen LogP contribution in [-0.4, -0.2) is 34.1 Å². The van der Waals surface area contributed by atoms with Crippen LogP contribution in [0.3, 0.4) is 0 Å². The van der Waals surface area contributed by atoms with Gasteiger partial charge in [0.15, 0.2) is 0 Å². The second-order valence-electron chi connectivity index (χ2n) is 4.42. The van der Waals surface area contributed by atoms with Crippen molar-refractivity contribution in [2.75, 3.05) is 24.3 Å². The number of hydrogen-bond acceptors (Lipinski definition) is 7. The minimum atomic E-state index is -0.0974. The molecule has 0 saturated heterocycles. The molecular formula is C10H19N5OS. The summed E-state index contributed by atoms with van der Waals surface area (Å²) >= 11 is 1.11. The molecule has 0 aromatic carbocycles. The quantitative estimate of drug-likeness (QED) is 0.783. The smallest absolute Gasteiger partial charge is 0.228 e. The van der Waals surface area contributed by atoms with Gasteiger partial charge in [-0.1, -0.05) is 0 Å². The van der Waals surface area contributed by atoms with E-state index >= 15 is 0 Å². The number of aromatic nitrogens is 3. The van der Waals surface area contributed by atoms with Crippen molar-refractivity contribution in [3.63, 3.8) is 0 Å². The lowest BCUT2D eigenvalue weighted by atomic mass is 10.1. The van der Waals surface area contributed by atoms with Crippen LogP contribution in [0.4, 0.5) is 11.9 Å². The van der Waals surface area contributed by atoms with Crippen LogP contribution in [0.2, 0.25) is 0 Å². The Kier molecular flexibility index (Phi) is 4.95. The predicted molar refractivity (Wildman–Crippen MR) is 70.2 cm³/mol. The molecule has 17 heavy (non-hydrogen) atoms. The monoisotopic (exact) mass is 257 g/mol. The Morgan fingerprint density at radius 3 is 2.35 bits per heavy atom. The van der Waals surface area contributed by atoms with Crippen LogP contribution < -0.4 is 10.6 Å². The first kappa shape index (κ1) is 14.0. The molecule has 96 valence electrons. The summed E-state index contributed by atoms with van der Waals surface area (Å²) in [6, 6.07) is 0. The van der Waals surface area contributed by atoms with Gasteiger partial charge in [0.1, 0.15) is 0 Å². The van der Waals surface area contributed by atoms with E-state index < -0.39 is 0 Å². The number of nitrogens with one attached hydrogen (secondary N) is 2. The first-order valence-electron chi connectivity index (χ1n) is 5.43. The van der Waals surface area contributed by atoms with E-state index in [1.807, 2.05) is 27.7 Å². The zero-order valence-corrected chi connectivity index (χ0v) is 11.7. The highest BCUT2D eigenvalue weighted by molar-refractivity contribution is 7.94. The summed E-state index contributed by atoms with van der Waals surface area (Å²) in [6.45, 7) is 8.90. The van der Waals surface area contributed by atoms with E-state index in [1.54, 1.807) is 7.11 Å². The Hall–Kier alpha value is -1.08. The summed E-state index contributed by atoms with van der Waals surface area (Å²) in [5, 5.41) is 6.80. The van der Waals surface area contributed by atoms with Gasteiger partial charge in [-0.2, -0.15) is 15.0 Å². The Morgan fingerprint density at radius 1 is 1.18 bits per heavy atom. The minimum Gasteiger partial charge on any atom is -0.354 e. The van der Waals surface area contributed by atoms with Gasteiger partial charge in [-0.05, 0) is 27.7 Å². The lowest BCUT2D eigenvalue weighted by Crippen LogP contribution is -2.27. The Bertz CT molecular complexity index is 342. The Balaban J connectivity index is 2.94. The first-order valence-corrected chi connectivity index (χ1v) is 6.17. The molecule has 0 aliphatic heterocycles. The molecule has 0 aliphatic carbocycles. The van der Waals surface area contributed by atoms with Gasteiger partial charge in [0.05, 0.1) is 19.2 Å². The summed E-state index contributed by atoms with van der Waals surface area (Å²) in [5.74, 6) is 1.09. The SMILES string of the molecule is CCNc1nc(NC(C)(C)C)nc(SOC)n1. The molecule has 6 nitrogen and oxygen atoms in total. The second kappa shape index (κ2) is 6.02. The average molecular weight is 257 g/mol. The van der Waals surface area contributed by atoms with Crippen LogP contribution in [0, 0.1) is 0 Å². The van der Waals surface area contributed by atoms with E-state index in [0.717, 1.165) is 18.6 Å². The number of anilines is 2. The summed E-state index contributed by atoms with van der Waals surface area (Å²) in [7, 11) is 1.58. The van der Waals surface area contributed by atoms with Crippen molar-refractivity contribution >= 4 is 23.9 Å². The molecule has 1 heterocycles. The van der Waals surface area contributed by atoms with Gasteiger partial charge in [0.2, 0.25) is 17.1 Å². The molecule has 0 atom stereocenters. The maximum Gasteiger partial charge on any atom is 0.228 e. The summed E-state index contributed by atoms with van der Waals surface area (Å²) in [6.07, 6.45) is 0. The van der Waals surface area contributed by atoms with Crippen LogP contribution in [0.15, 0.2) is 5.16 Å². The second-order valence-corrected chi connectivity index (χ2v) is 5.29. The van der Waals surface area contributed by atoms with E-state index in [9.17, 15) is 0 Å². The highest BCUT2D eigenvalue weighted by Gasteiger charge is 2.13. The lowest BCUT2D eigenvalue weighted by molar-refractivity contribution is 0.485. The van der Waals surface area contributed by atoms with Crippen molar-refractivity contribution in [2.24, 2.45) is 0 Å². The molecule has 0 amide bonds. The minimum absolute atomic E-state index is 0.0974. The van der Waals surface area contributed by atoms with E-state index in [1.165, 1.54) is 0 Å². The molecular weight excluding hydrogens is 238 g/mol. The van der Waals surface area contributed by atoms with Gasteiger partial charge in [-0.25, -0.2) is 0 Å². The Morgan fingerprint density at radius 2 is 1.82 bits per heavy atom. The molecule has 0 spiro atoms. The molecule has 0 bridgehead atoms. The van der Waals surface area contributed by atoms with Crippen molar-refractivity contribution in [2.45, 2.75) is 38.4 Å². The highest BCUT2D eigenvalue weighted by atomic mass is 32.2. The molecule has 1 aromatic rings. The zero-order chi connectivity index (χ0) is 12.9. The summed E-state index contributed by atoms with van der Waals surface area (Å²) in [5.41, 5.74) is -0.0974. The summed E-state index contributed by atoms with van der Waals surface area (Å²) in [4.78, 5) is 12.7. The van der Waals surface area contributed by atoms with Gasteiger partial charge in [0.25, 0.3) is 0 Å². The Labute approximate surface area is 106 Å². The zero-order valence-electron chi connectivity index (χ0n) is 10.9. The predicted octanol–water partition coefficient (Wildman–Crippen LogP) is 2.17. The molecule has 0 radical (unpaired) electrons. The van der Waals surface area contributed by atoms with Crippen molar-refractivity contribution in [1.29, 1.82) is 0 Å². The largest absolute Gasteiger partial charge is 0.354 e. The maximum atomic E-state index is 4.95. The van der Waals surface area contributed by atoms with Gasteiger partial charge in [-0.3, -0.25) is 0 Å². The van der Waals surface area contributed by atoms with Crippen LogP contribution >= 0.6 is 12.0 Å². The van der Waals surface area contributed by atoms with Crippen molar-refractivity contribution < 1.29 is 4.18 Å². The molecule has 1 rings (SSSR count). The van der Waals surface area contributed by atoms with E-state index in [4.69, 9.17) is 4.18 Å². The van der Waals surface area contributed by atoms with Crippen molar-refractivity contribution in [3.05, 3.63) is 0 Å².